The number of nitrogens with zero attached hydrogens (tertiary/aromatic N) is 4. The van der Waals surface area contributed by atoms with Crippen LogP contribution in [0.5, 0.6) is 0 Å². The van der Waals surface area contributed by atoms with Gasteiger partial charge in [-0.3, -0.25) is 15.2 Å². The largest absolute Gasteiger partial charge is 0.272 e. The monoisotopic (exact) mass is 381 g/mol. The number of nitrogens with one attached hydrogen (secondary N) is 1. The lowest BCUT2D eigenvalue weighted by molar-refractivity contribution is -0.125. The summed E-state index contributed by atoms with van der Waals surface area (Å²) in [5.41, 5.74) is 3.17. The number of anilines is 1. The molecule has 8 heteroatoms. The predicted molar refractivity (Wildman–Crippen MR) is 107 cm³/mol. The van der Waals surface area contributed by atoms with Gasteiger partial charge in [0.1, 0.15) is 19.7 Å². The van der Waals surface area contributed by atoms with Crippen LogP contribution in [0, 0.1) is 17.2 Å². The molecule has 0 aliphatic carbocycles. The summed E-state index contributed by atoms with van der Waals surface area (Å²) in [6.07, 6.45) is 1.37. The van der Waals surface area contributed by atoms with Gasteiger partial charge in [0.2, 0.25) is 11.7 Å². The zero-order chi connectivity index (χ0) is 20.2. The van der Waals surface area contributed by atoms with Gasteiger partial charge < -0.3 is 0 Å². The highest BCUT2D eigenvalue weighted by Crippen LogP contribution is 2.25. The number of carbonyl (C=O) groups is 1. The number of benzene rings is 1. The fourth-order valence-electron chi connectivity index (χ4n) is 2.46. The molecule has 0 fully saturated rings. The third-order valence-electron chi connectivity index (χ3n) is 4.07. The third kappa shape index (κ3) is 4.98. The van der Waals surface area contributed by atoms with Crippen molar-refractivity contribution in [1.29, 1.82) is 5.26 Å². The third-order valence-corrected chi connectivity index (χ3v) is 4.32. The minimum Gasteiger partial charge on any atom is -0.272 e. The van der Waals surface area contributed by atoms with E-state index in [9.17, 15) is 4.79 Å². The maximum Gasteiger partial charge on any atom is 0.248 e. The molecule has 0 saturated carbocycles. The normalized spacial score (nSPS) is 11.1. The van der Waals surface area contributed by atoms with Gasteiger partial charge in [-0.15, -0.1) is 0 Å². The number of rotatable bonds is 6. The van der Waals surface area contributed by atoms with E-state index >= 15 is 0 Å². The fraction of sp³-hybridized carbons (Fsp3) is 0.368. The number of hydrogen-bond donors (Lipinski definition) is 1. The predicted octanol–water partition coefficient (Wildman–Crippen LogP) is 2.27. The van der Waals surface area contributed by atoms with Crippen LogP contribution in [-0.4, -0.2) is 30.3 Å². The lowest BCUT2D eigenvalue weighted by Crippen LogP contribution is -2.52. The van der Waals surface area contributed by atoms with Crippen LogP contribution in [0.25, 0.3) is 0 Å². The Labute approximate surface area is 166 Å². The lowest BCUT2D eigenvalue weighted by Gasteiger charge is -2.32. The van der Waals surface area contributed by atoms with Gasteiger partial charge in [-0.25, -0.2) is 9.97 Å². The van der Waals surface area contributed by atoms with Gasteiger partial charge in [0, 0.05) is 17.8 Å². The van der Waals surface area contributed by atoms with Crippen LogP contribution in [0.3, 0.4) is 0 Å². The number of hydrogen-bond acceptors (Lipinski definition) is 5. The Balaban J connectivity index is 2.34. The van der Waals surface area contributed by atoms with E-state index in [1.54, 1.807) is 17.1 Å². The molecule has 0 atom stereocenters. The minimum atomic E-state index is -0.820. The summed E-state index contributed by atoms with van der Waals surface area (Å²) < 4.78 is 0. The first-order valence-corrected chi connectivity index (χ1v) is 8.90. The molecule has 2 radical (unpaired) electrons. The van der Waals surface area contributed by atoms with E-state index < -0.39 is 5.41 Å². The summed E-state index contributed by atoms with van der Waals surface area (Å²) >= 11 is 5.95. The average molecular weight is 382 g/mol. The fourth-order valence-corrected chi connectivity index (χ4v) is 2.59. The first-order valence-electron chi connectivity index (χ1n) is 8.52. The molecule has 0 aliphatic rings. The molecular formula is C19H21BClN5O. The van der Waals surface area contributed by atoms with E-state index in [0.29, 0.717) is 17.4 Å². The standard InChI is InChI=1S/C19H21BClN5O/c1-12(2)11-26(17-15(20)10-23-16(9-22)24-17)25-18(27)19(3,4)13-5-7-14(21)8-6-13/h5-8,10,12H,11H2,1-4H3,(H,25,27). The topological polar surface area (TPSA) is 81.9 Å². The van der Waals surface area contributed by atoms with Crippen LogP contribution in [-0.2, 0) is 10.2 Å². The van der Waals surface area contributed by atoms with Crippen LogP contribution in [0.4, 0.5) is 5.82 Å². The quantitative estimate of drug-likeness (QED) is 0.613. The SMILES string of the molecule is [B]c1cnc(C#N)nc1N(CC(C)C)NC(=O)C(C)(C)c1ccc(Cl)cc1. The Morgan fingerprint density at radius 1 is 1.37 bits per heavy atom. The molecule has 1 amide bonds. The van der Waals surface area contributed by atoms with Gasteiger partial charge in [-0.05, 0) is 42.9 Å². The van der Waals surface area contributed by atoms with Crippen molar-refractivity contribution in [3.8, 4) is 6.07 Å². The molecular weight excluding hydrogens is 361 g/mol. The molecule has 1 aromatic carbocycles. The molecule has 0 saturated heterocycles. The number of halogens is 1. The van der Waals surface area contributed by atoms with Gasteiger partial charge in [-0.2, -0.15) is 5.26 Å². The lowest BCUT2D eigenvalue weighted by atomic mass is 9.84. The van der Waals surface area contributed by atoms with Crippen molar-refractivity contribution < 1.29 is 4.79 Å². The van der Waals surface area contributed by atoms with Crippen molar-refractivity contribution in [3.05, 3.63) is 46.9 Å². The van der Waals surface area contributed by atoms with Crippen molar-refractivity contribution in [1.82, 2.24) is 15.4 Å². The number of hydrazine groups is 1. The van der Waals surface area contributed by atoms with Gasteiger partial charge in [0.15, 0.2) is 0 Å². The van der Waals surface area contributed by atoms with Gasteiger partial charge in [0.25, 0.3) is 0 Å². The van der Waals surface area contributed by atoms with Crippen molar-refractivity contribution in [3.63, 3.8) is 0 Å². The highest BCUT2D eigenvalue weighted by molar-refractivity contribution is 6.35. The summed E-state index contributed by atoms with van der Waals surface area (Å²) in [5.74, 6) is 0.264. The van der Waals surface area contributed by atoms with Gasteiger partial charge in [0.05, 0.1) is 5.41 Å². The molecule has 0 bridgehead atoms. The maximum atomic E-state index is 13.0. The minimum absolute atomic E-state index is 0.0147. The molecule has 6 nitrogen and oxygen atoms in total. The summed E-state index contributed by atoms with van der Waals surface area (Å²) in [7, 11) is 5.99. The Hall–Kier alpha value is -2.59. The zero-order valence-electron chi connectivity index (χ0n) is 15.8. The molecule has 1 aromatic heterocycles. The summed E-state index contributed by atoms with van der Waals surface area (Å²) in [5, 5.41) is 11.2. The first-order chi connectivity index (χ1) is 12.6. The average Bonchev–Trinajstić information content (AvgIpc) is 2.61. The van der Waals surface area contributed by atoms with Crippen molar-refractivity contribution in [2.24, 2.45) is 5.92 Å². The Kier molecular flexibility index (Phi) is 6.45. The molecule has 27 heavy (non-hydrogen) atoms. The Bertz CT molecular complexity index is 861. The number of carbonyl (C=O) groups excluding carboxylic acids is 1. The van der Waals surface area contributed by atoms with E-state index in [0.717, 1.165) is 5.56 Å². The van der Waals surface area contributed by atoms with E-state index in [4.69, 9.17) is 24.7 Å². The molecule has 138 valence electrons. The molecule has 1 heterocycles. The number of aromatic nitrogens is 2. The van der Waals surface area contributed by atoms with E-state index in [1.165, 1.54) is 6.20 Å². The van der Waals surface area contributed by atoms with Crippen LogP contribution in [0.15, 0.2) is 30.5 Å². The number of amides is 1. The Morgan fingerprint density at radius 3 is 2.56 bits per heavy atom. The summed E-state index contributed by atoms with van der Waals surface area (Å²) in [6.45, 7) is 8.12. The van der Waals surface area contributed by atoms with Crippen LogP contribution < -0.4 is 15.9 Å². The highest BCUT2D eigenvalue weighted by atomic mass is 35.5. The zero-order valence-corrected chi connectivity index (χ0v) is 16.6. The Morgan fingerprint density at radius 2 is 2.00 bits per heavy atom. The molecule has 0 aliphatic heterocycles. The van der Waals surface area contributed by atoms with Crippen LogP contribution in [0.2, 0.25) is 5.02 Å². The van der Waals surface area contributed by atoms with Gasteiger partial charge >= 0.3 is 0 Å². The van der Waals surface area contributed by atoms with Crippen LogP contribution in [0.1, 0.15) is 39.1 Å². The molecule has 2 rings (SSSR count). The molecule has 0 unspecified atom stereocenters. The maximum absolute atomic E-state index is 13.0. The van der Waals surface area contributed by atoms with Crippen molar-refractivity contribution in [2.75, 3.05) is 11.6 Å². The molecule has 0 spiro atoms. The first kappa shape index (κ1) is 20.7. The van der Waals surface area contributed by atoms with E-state index in [1.807, 2.05) is 45.9 Å². The highest BCUT2D eigenvalue weighted by Gasteiger charge is 2.31. The molecule has 2 aromatic rings. The summed E-state index contributed by atoms with van der Waals surface area (Å²) in [6, 6.07) is 9.03. The second-order valence-electron chi connectivity index (χ2n) is 7.16. The molecule has 1 N–H and O–H groups in total. The second-order valence-corrected chi connectivity index (χ2v) is 7.60. The van der Waals surface area contributed by atoms with Crippen LogP contribution >= 0.6 is 11.6 Å². The second kappa shape index (κ2) is 8.40. The smallest absolute Gasteiger partial charge is 0.248 e. The summed E-state index contributed by atoms with van der Waals surface area (Å²) in [4.78, 5) is 21.1. The van der Waals surface area contributed by atoms with E-state index in [2.05, 4.69) is 15.4 Å². The number of nitriles is 1. The van der Waals surface area contributed by atoms with Crippen molar-refractivity contribution in [2.45, 2.75) is 33.1 Å². The van der Waals surface area contributed by atoms with E-state index in [-0.39, 0.29) is 23.1 Å². The van der Waals surface area contributed by atoms with Gasteiger partial charge in [-0.1, -0.05) is 37.6 Å². The van der Waals surface area contributed by atoms with Crippen molar-refractivity contribution >= 4 is 36.6 Å².